The van der Waals surface area contributed by atoms with Crippen molar-refractivity contribution < 1.29 is 50.9 Å². The fraction of sp³-hybridized carbons (Fsp3) is 0.565. The first-order chi connectivity index (χ1) is 17.7. The molecule has 0 unspecified atom stereocenters. The maximum absolute atomic E-state index is 10.6. The quantitative estimate of drug-likeness (QED) is 0.498. The van der Waals surface area contributed by atoms with Gasteiger partial charge < -0.3 is 19.5 Å². The minimum absolute atomic E-state index is 0.325. The monoisotopic (exact) mass is 554 g/mol. The molecule has 1 saturated carbocycles. The van der Waals surface area contributed by atoms with E-state index in [-0.39, 0.29) is 0 Å². The number of alkyl halides is 6. The van der Waals surface area contributed by atoms with Crippen LogP contribution in [0.4, 0.5) is 26.3 Å². The molecule has 2 aromatic rings. The third-order valence-corrected chi connectivity index (χ3v) is 5.76. The number of hydrogen-bond acceptors (Lipinski definition) is 6. The third kappa shape index (κ3) is 10.7. The number of carbonyl (C=O) groups is 2. The Balaban J connectivity index is 0.000000301. The van der Waals surface area contributed by atoms with Gasteiger partial charge in [-0.25, -0.2) is 14.6 Å². The van der Waals surface area contributed by atoms with Gasteiger partial charge in [0, 0.05) is 51.0 Å². The lowest BCUT2D eigenvalue weighted by Crippen LogP contribution is -2.38. The summed E-state index contributed by atoms with van der Waals surface area (Å²) in [6.07, 6.45) is 2.67. The molecule has 2 fully saturated rings. The fourth-order valence-electron chi connectivity index (χ4n) is 3.57. The summed E-state index contributed by atoms with van der Waals surface area (Å²) in [6, 6.07) is 4.60. The van der Waals surface area contributed by atoms with Gasteiger partial charge >= 0.3 is 24.3 Å². The van der Waals surface area contributed by atoms with Crippen molar-refractivity contribution in [1.29, 1.82) is 0 Å². The van der Waals surface area contributed by atoms with E-state index < -0.39 is 24.3 Å². The molecule has 2 atom stereocenters. The van der Waals surface area contributed by atoms with Crippen molar-refractivity contribution in [2.24, 2.45) is 13.0 Å². The van der Waals surface area contributed by atoms with E-state index in [9.17, 15) is 26.3 Å². The predicted molar refractivity (Wildman–Crippen MR) is 120 cm³/mol. The zero-order chi connectivity index (χ0) is 28.5. The van der Waals surface area contributed by atoms with E-state index >= 15 is 0 Å². The molecule has 0 spiro atoms. The first-order valence-corrected chi connectivity index (χ1v) is 11.5. The van der Waals surface area contributed by atoms with Gasteiger partial charge in [-0.2, -0.15) is 26.3 Å². The minimum Gasteiger partial charge on any atom is -0.475 e. The van der Waals surface area contributed by atoms with Crippen molar-refractivity contribution in [1.82, 2.24) is 19.4 Å². The molecule has 2 aliphatic rings. The van der Waals surface area contributed by atoms with Gasteiger partial charge in [0.25, 0.3) is 0 Å². The SMILES string of the molecule is Cn1ccnc1CN1CC[C@@H](OCC2CC2)[C@@H]1Cc1cccnc1.O=C(O)C(F)(F)F.O=C(O)C(F)(F)F. The number of pyridine rings is 1. The highest BCUT2D eigenvalue weighted by atomic mass is 19.4. The summed E-state index contributed by atoms with van der Waals surface area (Å²) in [6.45, 7) is 2.90. The Morgan fingerprint density at radius 3 is 2.11 bits per heavy atom. The largest absolute Gasteiger partial charge is 0.490 e. The molecule has 212 valence electrons. The Bertz CT molecular complexity index is 1000. The molecule has 38 heavy (non-hydrogen) atoms. The summed E-state index contributed by atoms with van der Waals surface area (Å²) in [7, 11) is 2.07. The van der Waals surface area contributed by atoms with E-state index in [1.807, 2.05) is 30.9 Å². The first kappa shape index (κ1) is 31.0. The Morgan fingerprint density at radius 2 is 1.66 bits per heavy atom. The van der Waals surface area contributed by atoms with Gasteiger partial charge in [-0.05, 0) is 43.2 Å². The van der Waals surface area contributed by atoms with Crippen molar-refractivity contribution in [3.05, 3.63) is 48.3 Å². The summed E-state index contributed by atoms with van der Waals surface area (Å²) >= 11 is 0. The standard InChI is InChI=1S/C19H26N4O.2C2HF3O2/c1-22-10-8-21-19(22)13-23-9-6-18(24-14-15-4-5-15)17(23)11-16-3-2-7-20-12-16;2*3-2(4,5)1(6)7/h2-3,7-8,10,12,15,17-18H,4-6,9,11,13-14H2,1H3;2*(H,6,7)/t17-,18+;;/m0../s1. The number of halogens is 6. The van der Waals surface area contributed by atoms with Crippen LogP contribution in [-0.4, -0.2) is 79.2 Å². The average Bonchev–Trinajstić information content (AvgIpc) is 3.47. The molecule has 1 aliphatic heterocycles. The summed E-state index contributed by atoms with van der Waals surface area (Å²) < 4.78 is 71.9. The number of aryl methyl sites for hydroxylation is 1. The van der Waals surface area contributed by atoms with Crippen LogP contribution in [-0.2, 0) is 34.3 Å². The number of hydrogen-bond donors (Lipinski definition) is 2. The number of nitrogens with zero attached hydrogens (tertiary/aromatic N) is 4. The average molecular weight is 554 g/mol. The van der Waals surface area contributed by atoms with Crippen LogP contribution in [0.1, 0.15) is 30.7 Å². The molecular formula is C23H28F6N4O5. The number of imidazole rings is 1. The molecule has 3 heterocycles. The van der Waals surface area contributed by atoms with Gasteiger partial charge in [0.1, 0.15) is 5.82 Å². The van der Waals surface area contributed by atoms with Crippen LogP contribution >= 0.6 is 0 Å². The highest BCUT2D eigenvalue weighted by Crippen LogP contribution is 2.32. The van der Waals surface area contributed by atoms with E-state index in [1.54, 1.807) is 0 Å². The molecular weight excluding hydrogens is 526 g/mol. The number of carboxylic acid groups (broad SMARTS) is 2. The summed E-state index contributed by atoms with van der Waals surface area (Å²) in [5.74, 6) is -3.58. The van der Waals surface area contributed by atoms with Gasteiger partial charge in [0.15, 0.2) is 0 Å². The smallest absolute Gasteiger partial charge is 0.475 e. The number of aliphatic carboxylic acids is 2. The lowest BCUT2D eigenvalue weighted by Gasteiger charge is -2.28. The Labute approximate surface area is 214 Å². The molecule has 4 rings (SSSR count). The van der Waals surface area contributed by atoms with E-state index in [0.29, 0.717) is 12.1 Å². The van der Waals surface area contributed by atoms with Crippen molar-refractivity contribution in [2.45, 2.75) is 56.7 Å². The number of aromatic nitrogens is 3. The van der Waals surface area contributed by atoms with E-state index in [4.69, 9.17) is 24.5 Å². The Kier molecular flexibility index (Phi) is 11.1. The second-order valence-corrected chi connectivity index (χ2v) is 8.77. The normalized spacial score (nSPS) is 19.7. The molecule has 1 aliphatic carbocycles. The van der Waals surface area contributed by atoms with Crippen molar-refractivity contribution in [2.75, 3.05) is 13.2 Å². The molecule has 0 radical (unpaired) electrons. The number of rotatable bonds is 7. The molecule has 2 N–H and O–H groups in total. The molecule has 0 bridgehead atoms. The summed E-state index contributed by atoms with van der Waals surface area (Å²) in [5, 5.41) is 14.2. The van der Waals surface area contributed by atoms with Crippen LogP contribution in [0.25, 0.3) is 0 Å². The van der Waals surface area contributed by atoms with E-state index in [2.05, 4.69) is 32.5 Å². The van der Waals surface area contributed by atoms with Crippen LogP contribution in [0.15, 0.2) is 36.9 Å². The first-order valence-electron chi connectivity index (χ1n) is 11.5. The second kappa shape index (κ2) is 13.6. The van der Waals surface area contributed by atoms with Crippen molar-refractivity contribution >= 4 is 11.9 Å². The molecule has 0 amide bonds. The van der Waals surface area contributed by atoms with Crippen LogP contribution in [0.2, 0.25) is 0 Å². The topological polar surface area (TPSA) is 118 Å². The van der Waals surface area contributed by atoms with E-state index in [1.165, 1.54) is 18.4 Å². The zero-order valence-electron chi connectivity index (χ0n) is 20.3. The maximum Gasteiger partial charge on any atom is 0.490 e. The Morgan fingerprint density at radius 1 is 1.05 bits per heavy atom. The van der Waals surface area contributed by atoms with Gasteiger partial charge in [-0.15, -0.1) is 0 Å². The Hall–Kier alpha value is -3.20. The third-order valence-electron chi connectivity index (χ3n) is 5.76. The van der Waals surface area contributed by atoms with E-state index in [0.717, 1.165) is 44.3 Å². The number of carboxylic acids is 2. The molecule has 2 aromatic heterocycles. The second-order valence-electron chi connectivity index (χ2n) is 8.77. The number of likely N-dealkylation sites (tertiary alicyclic amines) is 1. The molecule has 0 aromatic carbocycles. The van der Waals surface area contributed by atoms with Crippen LogP contribution in [0.5, 0.6) is 0 Å². The van der Waals surface area contributed by atoms with Gasteiger partial charge in [-0.1, -0.05) is 6.07 Å². The molecule has 1 saturated heterocycles. The van der Waals surface area contributed by atoms with Crippen molar-refractivity contribution in [3.63, 3.8) is 0 Å². The van der Waals surface area contributed by atoms with Crippen LogP contribution in [0.3, 0.4) is 0 Å². The van der Waals surface area contributed by atoms with Crippen LogP contribution < -0.4 is 0 Å². The van der Waals surface area contributed by atoms with Gasteiger partial charge in [0.2, 0.25) is 0 Å². The highest BCUT2D eigenvalue weighted by Gasteiger charge is 2.39. The fourth-order valence-corrected chi connectivity index (χ4v) is 3.57. The molecule has 9 nitrogen and oxygen atoms in total. The van der Waals surface area contributed by atoms with Gasteiger partial charge in [-0.3, -0.25) is 9.88 Å². The molecule has 15 heteroatoms. The lowest BCUT2D eigenvalue weighted by atomic mass is 10.0. The lowest BCUT2D eigenvalue weighted by molar-refractivity contribution is -0.193. The maximum atomic E-state index is 10.6. The summed E-state index contributed by atoms with van der Waals surface area (Å²) in [5.41, 5.74) is 1.29. The van der Waals surface area contributed by atoms with Crippen molar-refractivity contribution in [3.8, 4) is 0 Å². The predicted octanol–water partition coefficient (Wildman–Crippen LogP) is 3.69. The van der Waals surface area contributed by atoms with Crippen LogP contribution in [0, 0.1) is 5.92 Å². The number of ether oxygens (including phenoxy) is 1. The van der Waals surface area contributed by atoms with Gasteiger partial charge in [0.05, 0.1) is 12.6 Å². The summed E-state index contributed by atoms with van der Waals surface area (Å²) in [4.78, 5) is 29.1. The zero-order valence-corrected chi connectivity index (χ0v) is 20.3. The highest BCUT2D eigenvalue weighted by molar-refractivity contribution is 5.73. The minimum atomic E-state index is -5.08.